The number of unbranched alkanes of at least 4 members (excludes halogenated alkanes) is 1. The van der Waals surface area contributed by atoms with Gasteiger partial charge < -0.3 is 15.1 Å². The van der Waals surface area contributed by atoms with Crippen LogP contribution in [0, 0.1) is 5.92 Å². The molecule has 0 aromatic rings. The van der Waals surface area contributed by atoms with Gasteiger partial charge in [-0.2, -0.15) is 0 Å². The van der Waals surface area contributed by atoms with Gasteiger partial charge in [-0.05, 0) is 73.1 Å². The second-order valence-electron chi connectivity index (χ2n) is 6.84. The number of hydrogen-bond acceptors (Lipinski definition) is 3. The Morgan fingerprint density at radius 2 is 1.95 bits per heavy atom. The Morgan fingerprint density at radius 3 is 2.58 bits per heavy atom. The fourth-order valence-corrected chi connectivity index (χ4v) is 2.86. The first-order chi connectivity index (χ1) is 8.91. The molecule has 1 heterocycles. The average molecular weight is 269 g/mol. The highest BCUT2D eigenvalue weighted by atomic mass is 15.2. The van der Waals surface area contributed by atoms with Gasteiger partial charge in [-0.15, -0.1) is 0 Å². The minimum Gasteiger partial charge on any atom is -0.314 e. The van der Waals surface area contributed by atoms with Gasteiger partial charge in [0.2, 0.25) is 0 Å². The second-order valence-corrected chi connectivity index (χ2v) is 6.84. The van der Waals surface area contributed by atoms with E-state index >= 15 is 0 Å². The SMILES string of the molecule is CC1CN(C)C(C)CC1NCCCCN(C)C(C)C. The smallest absolute Gasteiger partial charge is 0.0120 e. The Labute approximate surface area is 120 Å². The fourth-order valence-electron chi connectivity index (χ4n) is 2.86. The molecule has 114 valence electrons. The monoisotopic (exact) mass is 269 g/mol. The Bertz CT molecular complexity index is 242. The lowest BCUT2D eigenvalue weighted by molar-refractivity contribution is 0.121. The van der Waals surface area contributed by atoms with E-state index in [2.05, 4.69) is 56.9 Å². The highest BCUT2D eigenvalue weighted by Crippen LogP contribution is 2.20. The summed E-state index contributed by atoms with van der Waals surface area (Å²) in [6.45, 7) is 12.9. The summed E-state index contributed by atoms with van der Waals surface area (Å²) < 4.78 is 0. The summed E-state index contributed by atoms with van der Waals surface area (Å²) in [7, 11) is 4.47. The molecule has 3 nitrogen and oxygen atoms in total. The molecule has 0 spiro atoms. The Hall–Kier alpha value is -0.120. The molecule has 0 radical (unpaired) electrons. The summed E-state index contributed by atoms with van der Waals surface area (Å²) in [6.07, 6.45) is 3.90. The molecule has 1 aliphatic heterocycles. The summed E-state index contributed by atoms with van der Waals surface area (Å²) in [6, 6.07) is 2.11. The maximum Gasteiger partial charge on any atom is 0.0120 e. The van der Waals surface area contributed by atoms with E-state index in [1.165, 1.54) is 38.9 Å². The molecule has 0 saturated carbocycles. The number of hydrogen-bond donors (Lipinski definition) is 1. The van der Waals surface area contributed by atoms with Crippen LogP contribution >= 0.6 is 0 Å². The van der Waals surface area contributed by atoms with Crippen LogP contribution in [0.15, 0.2) is 0 Å². The minimum atomic E-state index is 0.669. The predicted molar refractivity (Wildman–Crippen MR) is 84.7 cm³/mol. The van der Waals surface area contributed by atoms with Crippen molar-refractivity contribution in [1.82, 2.24) is 15.1 Å². The molecular weight excluding hydrogens is 234 g/mol. The molecule has 1 saturated heterocycles. The van der Waals surface area contributed by atoms with Gasteiger partial charge in [0.15, 0.2) is 0 Å². The summed E-state index contributed by atoms with van der Waals surface area (Å²) >= 11 is 0. The van der Waals surface area contributed by atoms with Crippen molar-refractivity contribution in [3.63, 3.8) is 0 Å². The van der Waals surface area contributed by atoms with Gasteiger partial charge in [-0.1, -0.05) is 6.92 Å². The summed E-state index contributed by atoms with van der Waals surface area (Å²) in [5, 5.41) is 3.78. The van der Waals surface area contributed by atoms with Crippen molar-refractivity contribution in [1.29, 1.82) is 0 Å². The molecule has 19 heavy (non-hydrogen) atoms. The maximum atomic E-state index is 3.78. The predicted octanol–water partition coefficient (Wildman–Crippen LogP) is 2.43. The zero-order chi connectivity index (χ0) is 14.4. The van der Waals surface area contributed by atoms with E-state index in [9.17, 15) is 0 Å². The highest BCUT2D eigenvalue weighted by Gasteiger charge is 2.28. The normalized spacial score (nSPS) is 29.4. The van der Waals surface area contributed by atoms with Crippen LogP contribution in [-0.4, -0.2) is 61.7 Å². The van der Waals surface area contributed by atoms with Gasteiger partial charge in [-0.25, -0.2) is 0 Å². The van der Waals surface area contributed by atoms with Gasteiger partial charge in [0.05, 0.1) is 0 Å². The van der Waals surface area contributed by atoms with E-state index in [-0.39, 0.29) is 0 Å². The molecule has 0 aromatic carbocycles. The third-order valence-corrected chi connectivity index (χ3v) is 4.84. The molecule has 1 aliphatic rings. The number of rotatable bonds is 7. The number of nitrogens with zero attached hydrogens (tertiary/aromatic N) is 2. The van der Waals surface area contributed by atoms with Crippen LogP contribution < -0.4 is 5.32 Å². The lowest BCUT2D eigenvalue weighted by atomic mass is 9.90. The molecule has 0 bridgehead atoms. The molecule has 0 amide bonds. The highest BCUT2D eigenvalue weighted by molar-refractivity contribution is 4.85. The van der Waals surface area contributed by atoms with Crippen molar-refractivity contribution in [3.8, 4) is 0 Å². The van der Waals surface area contributed by atoms with Crippen molar-refractivity contribution in [2.75, 3.05) is 33.7 Å². The zero-order valence-corrected chi connectivity index (χ0v) is 13.9. The lowest BCUT2D eigenvalue weighted by Crippen LogP contribution is -2.51. The van der Waals surface area contributed by atoms with Gasteiger partial charge in [-0.3, -0.25) is 0 Å². The fraction of sp³-hybridized carbons (Fsp3) is 1.00. The van der Waals surface area contributed by atoms with Gasteiger partial charge >= 0.3 is 0 Å². The van der Waals surface area contributed by atoms with E-state index in [1.54, 1.807) is 0 Å². The van der Waals surface area contributed by atoms with Crippen molar-refractivity contribution in [3.05, 3.63) is 0 Å². The molecule has 1 rings (SSSR count). The molecular formula is C16H35N3. The van der Waals surface area contributed by atoms with Crippen LogP contribution in [0.4, 0.5) is 0 Å². The van der Waals surface area contributed by atoms with Crippen molar-refractivity contribution >= 4 is 0 Å². The topological polar surface area (TPSA) is 18.5 Å². The first kappa shape index (κ1) is 16.9. The third-order valence-electron chi connectivity index (χ3n) is 4.84. The number of likely N-dealkylation sites (tertiary alicyclic amines) is 1. The van der Waals surface area contributed by atoms with Crippen molar-refractivity contribution < 1.29 is 0 Å². The van der Waals surface area contributed by atoms with E-state index < -0.39 is 0 Å². The average Bonchev–Trinajstić information content (AvgIpc) is 2.34. The molecule has 3 unspecified atom stereocenters. The van der Waals surface area contributed by atoms with Crippen LogP contribution in [0.2, 0.25) is 0 Å². The summed E-state index contributed by atoms with van der Waals surface area (Å²) in [5.41, 5.74) is 0. The molecule has 1 N–H and O–H groups in total. The molecule has 1 fully saturated rings. The van der Waals surface area contributed by atoms with Crippen LogP contribution in [0.3, 0.4) is 0 Å². The Morgan fingerprint density at radius 1 is 1.26 bits per heavy atom. The molecule has 3 atom stereocenters. The first-order valence-corrected chi connectivity index (χ1v) is 8.05. The first-order valence-electron chi connectivity index (χ1n) is 8.05. The van der Waals surface area contributed by atoms with Gasteiger partial charge in [0.1, 0.15) is 0 Å². The standard InChI is InChI=1S/C16H35N3/c1-13(2)18(5)10-8-7-9-17-16-11-15(4)19(6)12-14(16)3/h13-17H,7-12H2,1-6H3. The summed E-state index contributed by atoms with van der Waals surface area (Å²) in [5.74, 6) is 0.777. The van der Waals surface area contributed by atoms with E-state index in [0.29, 0.717) is 12.1 Å². The quantitative estimate of drug-likeness (QED) is 0.716. The van der Waals surface area contributed by atoms with E-state index in [4.69, 9.17) is 0 Å². The second kappa shape index (κ2) is 8.23. The number of nitrogens with one attached hydrogen (secondary N) is 1. The third kappa shape index (κ3) is 5.80. The van der Waals surface area contributed by atoms with Gasteiger partial charge in [0.25, 0.3) is 0 Å². The Balaban J connectivity index is 2.12. The van der Waals surface area contributed by atoms with Crippen molar-refractivity contribution in [2.45, 2.75) is 65.1 Å². The van der Waals surface area contributed by atoms with E-state index in [0.717, 1.165) is 12.0 Å². The van der Waals surface area contributed by atoms with Crippen LogP contribution in [-0.2, 0) is 0 Å². The van der Waals surface area contributed by atoms with Crippen LogP contribution in [0.5, 0.6) is 0 Å². The largest absolute Gasteiger partial charge is 0.314 e. The number of piperidine rings is 1. The minimum absolute atomic E-state index is 0.669. The zero-order valence-electron chi connectivity index (χ0n) is 13.9. The molecule has 3 heteroatoms. The Kier molecular flexibility index (Phi) is 7.33. The lowest BCUT2D eigenvalue weighted by Gasteiger charge is -2.40. The molecule has 0 aliphatic carbocycles. The molecule has 0 aromatic heterocycles. The van der Waals surface area contributed by atoms with Crippen molar-refractivity contribution in [2.24, 2.45) is 5.92 Å². The van der Waals surface area contributed by atoms with E-state index in [1.807, 2.05) is 0 Å². The van der Waals surface area contributed by atoms with Crippen LogP contribution in [0.1, 0.15) is 47.0 Å². The maximum absolute atomic E-state index is 3.78. The van der Waals surface area contributed by atoms with Crippen LogP contribution in [0.25, 0.3) is 0 Å². The van der Waals surface area contributed by atoms with Gasteiger partial charge in [0, 0.05) is 24.7 Å². The summed E-state index contributed by atoms with van der Waals surface area (Å²) in [4.78, 5) is 4.92.